The summed E-state index contributed by atoms with van der Waals surface area (Å²) in [4.78, 5) is 23.3. The van der Waals surface area contributed by atoms with Gasteiger partial charge in [-0.05, 0) is 35.6 Å². The Bertz CT molecular complexity index is 697. The van der Waals surface area contributed by atoms with Crippen LogP contribution in [0.1, 0.15) is 33.8 Å². The molecule has 1 aliphatic rings. The molecule has 3 rings (SSSR count). The molecular formula is C18H18N2O2. The van der Waals surface area contributed by atoms with Gasteiger partial charge in [-0.3, -0.25) is 9.59 Å². The van der Waals surface area contributed by atoms with Crippen molar-refractivity contribution in [3.05, 3.63) is 71.3 Å². The summed E-state index contributed by atoms with van der Waals surface area (Å²) in [5.41, 5.74) is 7.81. The Morgan fingerprint density at radius 3 is 2.59 bits per heavy atom. The molecule has 1 aliphatic carbocycles. The van der Waals surface area contributed by atoms with Crippen LogP contribution in [0, 0.1) is 5.92 Å². The maximum atomic E-state index is 12.2. The largest absolute Gasteiger partial charge is 0.366 e. The number of rotatable bonds is 5. The van der Waals surface area contributed by atoms with Crippen LogP contribution in [0.15, 0.2) is 54.6 Å². The number of benzene rings is 2. The van der Waals surface area contributed by atoms with Crippen LogP contribution < -0.4 is 11.1 Å². The number of carbonyl (C=O) groups excluding carboxylic acids is 2. The second-order valence-electron chi connectivity index (χ2n) is 5.64. The lowest BCUT2D eigenvalue weighted by Crippen LogP contribution is -2.25. The van der Waals surface area contributed by atoms with Gasteiger partial charge < -0.3 is 11.1 Å². The lowest BCUT2D eigenvalue weighted by atomic mass is 10.1. The number of amides is 2. The highest BCUT2D eigenvalue weighted by atomic mass is 16.2. The van der Waals surface area contributed by atoms with Gasteiger partial charge in [0.05, 0.1) is 0 Å². The van der Waals surface area contributed by atoms with Crippen molar-refractivity contribution >= 4 is 11.8 Å². The predicted octanol–water partition coefficient (Wildman–Crippen LogP) is 2.21. The SMILES string of the molecule is NC(=O)c1cccc(CNC(=O)[C@@H]2C[C@H]2c2ccccc2)c1. The molecule has 0 radical (unpaired) electrons. The standard InChI is InChI=1S/C18H18N2O2/c19-17(21)14-8-4-5-12(9-14)11-20-18(22)16-10-15(16)13-6-2-1-3-7-13/h1-9,15-16H,10-11H2,(H2,19,21)(H,20,22)/t15-,16+/m0/s1. The monoisotopic (exact) mass is 294 g/mol. The van der Waals surface area contributed by atoms with Gasteiger partial charge in [0, 0.05) is 18.0 Å². The number of hydrogen-bond acceptors (Lipinski definition) is 2. The van der Waals surface area contributed by atoms with Crippen molar-refractivity contribution in [2.45, 2.75) is 18.9 Å². The van der Waals surface area contributed by atoms with E-state index in [2.05, 4.69) is 17.4 Å². The Hall–Kier alpha value is -2.62. The number of primary amides is 1. The van der Waals surface area contributed by atoms with E-state index in [0.29, 0.717) is 18.0 Å². The number of hydrogen-bond donors (Lipinski definition) is 2. The minimum Gasteiger partial charge on any atom is -0.366 e. The van der Waals surface area contributed by atoms with Crippen molar-refractivity contribution in [1.82, 2.24) is 5.32 Å². The first kappa shape index (κ1) is 14.3. The zero-order chi connectivity index (χ0) is 15.5. The molecule has 4 nitrogen and oxygen atoms in total. The molecule has 0 aliphatic heterocycles. The Morgan fingerprint density at radius 1 is 1.09 bits per heavy atom. The van der Waals surface area contributed by atoms with Gasteiger partial charge >= 0.3 is 0 Å². The summed E-state index contributed by atoms with van der Waals surface area (Å²) in [6.07, 6.45) is 0.900. The second kappa shape index (κ2) is 6.02. The molecule has 0 bridgehead atoms. The second-order valence-corrected chi connectivity index (χ2v) is 5.64. The molecule has 0 heterocycles. The highest BCUT2D eigenvalue weighted by Crippen LogP contribution is 2.47. The van der Waals surface area contributed by atoms with Crippen LogP contribution in [0.2, 0.25) is 0 Å². The molecule has 2 atom stereocenters. The van der Waals surface area contributed by atoms with E-state index in [1.807, 2.05) is 24.3 Å². The van der Waals surface area contributed by atoms with Crippen LogP contribution in [0.3, 0.4) is 0 Å². The van der Waals surface area contributed by atoms with Gasteiger partial charge in [-0.15, -0.1) is 0 Å². The van der Waals surface area contributed by atoms with E-state index in [0.717, 1.165) is 12.0 Å². The van der Waals surface area contributed by atoms with E-state index < -0.39 is 5.91 Å². The Morgan fingerprint density at radius 2 is 1.86 bits per heavy atom. The molecule has 1 saturated carbocycles. The molecule has 1 fully saturated rings. The first-order valence-electron chi connectivity index (χ1n) is 7.36. The summed E-state index contributed by atoms with van der Waals surface area (Å²) in [6.45, 7) is 0.415. The van der Waals surface area contributed by atoms with Crippen molar-refractivity contribution in [2.75, 3.05) is 0 Å². The molecule has 0 saturated heterocycles. The molecule has 112 valence electrons. The first-order chi connectivity index (χ1) is 10.6. The summed E-state index contributed by atoms with van der Waals surface area (Å²) in [6, 6.07) is 17.1. The molecule has 2 amide bonds. The van der Waals surface area contributed by atoms with E-state index >= 15 is 0 Å². The summed E-state index contributed by atoms with van der Waals surface area (Å²) < 4.78 is 0. The van der Waals surface area contributed by atoms with E-state index in [4.69, 9.17) is 5.73 Å². The van der Waals surface area contributed by atoms with Crippen molar-refractivity contribution in [2.24, 2.45) is 11.7 Å². The summed E-state index contributed by atoms with van der Waals surface area (Å²) in [5, 5.41) is 2.94. The number of nitrogens with one attached hydrogen (secondary N) is 1. The van der Waals surface area contributed by atoms with Crippen LogP contribution in [0.25, 0.3) is 0 Å². The molecule has 0 aromatic heterocycles. The maximum Gasteiger partial charge on any atom is 0.248 e. The van der Waals surface area contributed by atoms with Gasteiger partial charge in [0.2, 0.25) is 11.8 Å². The van der Waals surface area contributed by atoms with Gasteiger partial charge in [-0.1, -0.05) is 42.5 Å². The van der Waals surface area contributed by atoms with Crippen molar-refractivity contribution in [3.8, 4) is 0 Å². The van der Waals surface area contributed by atoms with E-state index in [1.165, 1.54) is 5.56 Å². The molecule has 2 aromatic carbocycles. The van der Waals surface area contributed by atoms with Crippen LogP contribution in [-0.4, -0.2) is 11.8 Å². The summed E-state index contributed by atoms with van der Waals surface area (Å²) >= 11 is 0. The highest BCUT2D eigenvalue weighted by Gasteiger charge is 2.43. The number of carbonyl (C=O) groups is 2. The molecule has 2 aromatic rings. The van der Waals surface area contributed by atoms with Crippen molar-refractivity contribution in [1.29, 1.82) is 0 Å². The fourth-order valence-corrected chi connectivity index (χ4v) is 2.71. The maximum absolute atomic E-state index is 12.2. The third-order valence-electron chi connectivity index (χ3n) is 4.03. The van der Waals surface area contributed by atoms with Crippen LogP contribution in [0.5, 0.6) is 0 Å². The lowest BCUT2D eigenvalue weighted by molar-refractivity contribution is -0.122. The fourth-order valence-electron chi connectivity index (χ4n) is 2.71. The third kappa shape index (κ3) is 3.17. The minimum atomic E-state index is -0.459. The topological polar surface area (TPSA) is 72.2 Å². The Kier molecular flexibility index (Phi) is 3.92. The van der Waals surface area contributed by atoms with Gasteiger partial charge in [0.1, 0.15) is 0 Å². The highest BCUT2D eigenvalue weighted by molar-refractivity contribution is 5.92. The fraction of sp³-hybridized carbons (Fsp3) is 0.222. The Balaban J connectivity index is 1.56. The summed E-state index contributed by atoms with van der Waals surface area (Å²) in [7, 11) is 0. The smallest absolute Gasteiger partial charge is 0.248 e. The molecule has 0 spiro atoms. The molecule has 0 unspecified atom stereocenters. The zero-order valence-corrected chi connectivity index (χ0v) is 12.2. The van der Waals surface area contributed by atoms with E-state index in [9.17, 15) is 9.59 Å². The lowest BCUT2D eigenvalue weighted by Gasteiger charge is -2.06. The van der Waals surface area contributed by atoms with Crippen molar-refractivity contribution < 1.29 is 9.59 Å². The van der Waals surface area contributed by atoms with Crippen LogP contribution >= 0.6 is 0 Å². The Labute approximate surface area is 129 Å². The first-order valence-corrected chi connectivity index (χ1v) is 7.36. The normalized spacial score (nSPS) is 19.5. The van der Waals surface area contributed by atoms with Crippen LogP contribution in [-0.2, 0) is 11.3 Å². The van der Waals surface area contributed by atoms with Gasteiger partial charge in [0.25, 0.3) is 0 Å². The van der Waals surface area contributed by atoms with Crippen molar-refractivity contribution in [3.63, 3.8) is 0 Å². The quantitative estimate of drug-likeness (QED) is 0.887. The van der Waals surface area contributed by atoms with Gasteiger partial charge in [-0.25, -0.2) is 0 Å². The van der Waals surface area contributed by atoms with E-state index in [-0.39, 0.29) is 11.8 Å². The van der Waals surface area contributed by atoms with E-state index in [1.54, 1.807) is 18.2 Å². The minimum absolute atomic E-state index is 0.0572. The van der Waals surface area contributed by atoms with Gasteiger partial charge in [0.15, 0.2) is 0 Å². The number of nitrogens with two attached hydrogens (primary N) is 1. The molecule has 4 heteroatoms. The average Bonchev–Trinajstić information content (AvgIpc) is 3.34. The molecule has 22 heavy (non-hydrogen) atoms. The predicted molar refractivity (Wildman–Crippen MR) is 84.1 cm³/mol. The zero-order valence-electron chi connectivity index (χ0n) is 12.2. The van der Waals surface area contributed by atoms with Gasteiger partial charge in [-0.2, -0.15) is 0 Å². The third-order valence-corrected chi connectivity index (χ3v) is 4.03. The molecule has 3 N–H and O–H groups in total. The molecular weight excluding hydrogens is 276 g/mol. The van der Waals surface area contributed by atoms with Crippen LogP contribution in [0.4, 0.5) is 0 Å². The summed E-state index contributed by atoms with van der Waals surface area (Å²) in [5.74, 6) is -0.00211. The average molecular weight is 294 g/mol.